The number of ether oxygens (including phenoxy) is 2. The molecule has 2 aliphatic carbocycles. The molecule has 0 aliphatic heterocycles. The maximum atomic E-state index is 12.2. The van der Waals surface area contributed by atoms with Crippen LogP contribution in [-0.2, 0) is 4.79 Å². The van der Waals surface area contributed by atoms with Crippen molar-refractivity contribution in [3.63, 3.8) is 0 Å². The molecule has 0 aromatic heterocycles. The average Bonchev–Trinajstić information content (AvgIpc) is 3.22. The first-order valence-electron chi connectivity index (χ1n) is 9.31. The quantitative estimate of drug-likeness (QED) is 0.788. The summed E-state index contributed by atoms with van der Waals surface area (Å²) in [6, 6.07) is 7.76. The second-order valence-electron chi connectivity index (χ2n) is 7.28. The van der Waals surface area contributed by atoms with E-state index in [1.807, 2.05) is 24.3 Å². The van der Waals surface area contributed by atoms with Crippen LogP contribution in [0.4, 0.5) is 0 Å². The van der Waals surface area contributed by atoms with Crippen molar-refractivity contribution < 1.29 is 14.3 Å². The van der Waals surface area contributed by atoms with Gasteiger partial charge in [-0.1, -0.05) is 25.5 Å². The fraction of sp³-hybridized carbons (Fsp3) is 0.650. The van der Waals surface area contributed by atoms with E-state index in [1.54, 1.807) is 0 Å². The lowest BCUT2D eigenvalue weighted by molar-refractivity contribution is -0.124. The molecule has 0 saturated heterocycles. The summed E-state index contributed by atoms with van der Waals surface area (Å²) in [6.07, 6.45) is 6.31. The molecular weight excluding hydrogens is 302 g/mol. The summed E-state index contributed by atoms with van der Waals surface area (Å²) in [5.41, 5.74) is 0. The SMILES string of the molecule is CCCOc1ccccc1OCC(=O)NC(C)C1CC2CCC1C2. The third kappa shape index (κ3) is 4.03. The summed E-state index contributed by atoms with van der Waals surface area (Å²) in [6.45, 7) is 4.89. The van der Waals surface area contributed by atoms with Gasteiger partial charge < -0.3 is 14.8 Å². The molecule has 2 aliphatic rings. The van der Waals surface area contributed by atoms with Gasteiger partial charge in [0.2, 0.25) is 0 Å². The summed E-state index contributed by atoms with van der Waals surface area (Å²) < 4.78 is 11.3. The Morgan fingerprint density at radius 1 is 1.21 bits per heavy atom. The van der Waals surface area contributed by atoms with Crippen molar-refractivity contribution >= 4 is 5.91 Å². The molecule has 2 saturated carbocycles. The predicted octanol–water partition coefficient (Wildman–Crippen LogP) is 3.80. The first kappa shape index (κ1) is 17.1. The van der Waals surface area contributed by atoms with Gasteiger partial charge in [-0.25, -0.2) is 0 Å². The van der Waals surface area contributed by atoms with Gasteiger partial charge in [0.15, 0.2) is 18.1 Å². The van der Waals surface area contributed by atoms with Gasteiger partial charge >= 0.3 is 0 Å². The summed E-state index contributed by atoms with van der Waals surface area (Å²) in [5, 5.41) is 3.13. The minimum Gasteiger partial charge on any atom is -0.490 e. The van der Waals surface area contributed by atoms with Crippen molar-refractivity contribution in [3.05, 3.63) is 24.3 Å². The Morgan fingerprint density at radius 2 is 1.96 bits per heavy atom. The minimum atomic E-state index is -0.0458. The molecule has 4 unspecified atom stereocenters. The van der Waals surface area contributed by atoms with Gasteiger partial charge in [0.25, 0.3) is 5.91 Å². The van der Waals surface area contributed by atoms with Crippen molar-refractivity contribution in [2.45, 2.75) is 52.0 Å². The highest BCUT2D eigenvalue weighted by atomic mass is 16.5. The number of carbonyl (C=O) groups is 1. The van der Waals surface area contributed by atoms with E-state index in [0.717, 1.165) is 18.3 Å². The van der Waals surface area contributed by atoms with E-state index >= 15 is 0 Å². The summed E-state index contributed by atoms with van der Waals surface area (Å²) in [5.74, 6) is 3.65. The van der Waals surface area contributed by atoms with Crippen LogP contribution in [-0.4, -0.2) is 25.2 Å². The molecule has 2 fully saturated rings. The fourth-order valence-corrected chi connectivity index (χ4v) is 4.35. The van der Waals surface area contributed by atoms with E-state index in [0.29, 0.717) is 24.0 Å². The third-order valence-electron chi connectivity index (χ3n) is 5.49. The van der Waals surface area contributed by atoms with E-state index in [2.05, 4.69) is 19.2 Å². The predicted molar refractivity (Wildman–Crippen MR) is 94.3 cm³/mol. The number of hydrogen-bond acceptors (Lipinski definition) is 3. The lowest BCUT2D eigenvalue weighted by Crippen LogP contribution is -2.42. The second kappa shape index (κ2) is 7.91. The van der Waals surface area contributed by atoms with E-state index in [4.69, 9.17) is 9.47 Å². The van der Waals surface area contributed by atoms with Crippen LogP contribution in [0.2, 0.25) is 0 Å². The van der Waals surface area contributed by atoms with Crippen LogP contribution in [0.5, 0.6) is 11.5 Å². The normalized spacial score (nSPS) is 26.2. The van der Waals surface area contributed by atoms with Gasteiger partial charge in [-0.05, 0) is 62.5 Å². The molecule has 132 valence electrons. The monoisotopic (exact) mass is 331 g/mol. The maximum Gasteiger partial charge on any atom is 0.258 e. The summed E-state index contributed by atoms with van der Waals surface area (Å²) in [7, 11) is 0. The van der Waals surface area contributed by atoms with Crippen molar-refractivity contribution in [3.8, 4) is 11.5 Å². The zero-order valence-electron chi connectivity index (χ0n) is 14.8. The van der Waals surface area contributed by atoms with E-state index in [-0.39, 0.29) is 18.6 Å². The van der Waals surface area contributed by atoms with Crippen LogP contribution >= 0.6 is 0 Å². The number of benzene rings is 1. The first-order valence-corrected chi connectivity index (χ1v) is 9.31. The number of hydrogen-bond donors (Lipinski definition) is 1. The average molecular weight is 331 g/mol. The van der Waals surface area contributed by atoms with Gasteiger partial charge in [0.1, 0.15) is 0 Å². The molecule has 2 bridgehead atoms. The topological polar surface area (TPSA) is 47.6 Å². The highest BCUT2D eigenvalue weighted by Gasteiger charge is 2.42. The van der Waals surface area contributed by atoms with Crippen molar-refractivity contribution in [2.24, 2.45) is 17.8 Å². The zero-order valence-corrected chi connectivity index (χ0v) is 14.8. The molecule has 4 atom stereocenters. The fourth-order valence-electron chi connectivity index (χ4n) is 4.35. The second-order valence-corrected chi connectivity index (χ2v) is 7.28. The Balaban J connectivity index is 1.47. The molecule has 0 spiro atoms. The number of nitrogens with one attached hydrogen (secondary N) is 1. The molecular formula is C20H29NO3. The third-order valence-corrected chi connectivity index (χ3v) is 5.49. The molecule has 1 aromatic rings. The molecule has 4 nitrogen and oxygen atoms in total. The van der Waals surface area contributed by atoms with Gasteiger partial charge in [-0.15, -0.1) is 0 Å². The molecule has 0 heterocycles. The number of rotatable bonds is 8. The van der Waals surface area contributed by atoms with Crippen molar-refractivity contribution in [1.29, 1.82) is 0 Å². The summed E-state index contributed by atoms with van der Waals surface area (Å²) in [4.78, 5) is 12.2. The van der Waals surface area contributed by atoms with Crippen LogP contribution in [0, 0.1) is 17.8 Å². The Labute approximate surface area is 144 Å². The van der Waals surface area contributed by atoms with Gasteiger partial charge in [0.05, 0.1) is 6.61 Å². The number of carbonyl (C=O) groups excluding carboxylic acids is 1. The summed E-state index contributed by atoms with van der Waals surface area (Å²) >= 11 is 0. The lowest BCUT2D eigenvalue weighted by Gasteiger charge is -2.28. The van der Waals surface area contributed by atoms with Gasteiger partial charge in [-0.3, -0.25) is 4.79 Å². The number of para-hydroxylation sites is 2. The van der Waals surface area contributed by atoms with Crippen LogP contribution < -0.4 is 14.8 Å². The first-order chi connectivity index (χ1) is 11.7. The van der Waals surface area contributed by atoms with Crippen LogP contribution in [0.25, 0.3) is 0 Å². The Kier molecular flexibility index (Phi) is 5.64. The number of fused-ring (bicyclic) bond motifs is 2. The highest BCUT2D eigenvalue weighted by molar-refractivity contribution is 5.78. The smallest absolute Gasteiger partial charge is 0.258 e. The van der Waals surface area contributed by atoms with E-state index in [9.17, 15) is 4.79 Å². The molecule has 24 heavy (non-hydrogen) atoms. The van der Waals surface area contributed by atoms with E-state index in [1.165, 1.54) is 25.7 Å². The molecule has 1 amide bonds. The number of amides is 1. The zero-order chi connectivity index (χ0) is 16.9. The van der Waals surface area contributed by atoms with Crippen molar-refractivity contribution in [2.75, 3.05) is 13.2 Å². The Morgan fingerprint density at radius 3 is 2.58 bits per heavy atom. The van der Waals surface area contributed by atoms with Crippen molar-refractivity contribution in [1.82, 2.24) is 5.32 Å². The van der Waals surface area contributed by atoms with E-state index < -0.39 is 0 Å². The van der Waals surface area contributed by atoms with Crippen LogP contribution in [0.15, 0.2) is 24.3 Å². The molecule has 4 heteroatoms. The van der Waals surface area contributed by atoms with Gasteiger partial charge in [-0.2, -0.15) is 0 Å². The largest absolute Gasteiger partial charge is 0.490 e. The molecule has 1 aromatic carbocycles. The standard InChI is InChI=1S/C20H29NO3/c1-3-10-23-18-6-4-5-7-19(18)24-13-20(22)21-14(2)17-12-15-8-9-16(17)11-15/h4-7,14-17H,3,8-13H2,1-2H3,(H,21,22). The Bertz CT molecular complexity index is 560. The Hall–Kier alpha value is -1.71. The molecule has 3 rings (SSSR count). The molecule has 0 radical (unpaired) electrons. The van der Waals surface area contributed by atoms with Gasteiger partial charge in [0, 0.05) is 6.04 Å². The molecule has 1 N–H and O–H groups in total. The van der Waals surface area contributed by atoms with Crippen LogP contribution in [0.1, 0.15) is 46.0 Å². The highest BCUT2D eigenvalue weighted by Crippen LogP contribution is 2.49. The lowest BCUT2D eigenvalue weighted by atomic mass is 9.84. The maximum absolute atomic E-state index is 12.2. The minimum absolute atomic E-state index is 0.0393. The van der Waals surface area contributed by atoms with Crippen LogP contribution in [0.3, 0.4) is 0 Å².